The third kappa shape index (κ3) is 3.65. The molecule has 1 heteroatoms. The van der Waals surface area contributed by atoms with Gasteiger partial charge in [0.1, 0.15) is 0 Å². The molecule has 1 rings (SSSR count). The average molecular weight is 216 g/mol. The summed E-state index contributed by atoms with van der Waals surface area (Å²) >= 11 is 0. The van der Waals surface area contributed by atoms with Crippen molar-refractivity contribution < 1.29 is 4.79 Å². The van der Waals surface area contributed by atoms with Crippen LogP contribution in [0.1, 0.15) is 26.7 Å². The first kappa shape index (κ1) is 12.7. The monoisotopic (exact) mass is 216 g/mol. The molecule has 1 atom stereocenters. The van der Waals surface area contributed by atoms with Gasteiger partial charge < -0.3 is 0 Å². The maximum atomic E-state index is 11.8. The number of rotatable bonds is 1. The molecule has 0 saturated carbocycles. The van der Waals surface area contributed by atoms with Gasteiger partial charge in [0.05, 0.1) is 0 Å². The first-order chi connectivity index (χ1) is 7.50. The standard InChI is InChI=1S/C15H20O/c1-11(2)14-9-8-12(3)6-5-7-13(4)15(16)10-14/h5,7-9,11,14H,3-4,6,10H2,1-2H3/b7-5-,9-8+. The lowest BCUT2D eigenvalue weighted by Gasteiger charge is -2.17. The Bertz CT molecular complexity index is 356. The molecular formula is C15H20O. The van der Waals surface area contributed by atoms with E-state index in [-0.39, 0.29) is 11.7 Å². The Kier molecular flexibility index (Phi) is 4.48. The van der Waals surface area contributed by atoms with E-state index in [1.54, 1.807) is 0 Å². The van der Waals surface area contributed by atoms with Gasteiger partial charge in [0.15, 0.2) is 5.78 Å². The van der Waals surface area contributed by atoms with Crippen molar-refractivity contribution in [2.24, 2.45) is 11.8 Å². The Morgan fingerprint density at radius 3 is 2.62 bits per heavy atom. The van der Waals surface area contributed by atoms with Crippen molar-refractivity contribution in [3.63, 3.8) is 0 Å². The number of hydrogen-bond donors (Lipinski definition) is 0. The molecule has 0 bridgehead atoms. The largest absolute Gasteiger partial charge is 0.294 e. The van der Waals surface area contributed by atoms with Gasteiger partial charge in [-0.25, -0.2) is 0 Å². The fourth-order valence-corrected chi connectivity index (χ4v) is 1.64. The summed E-state index contributed by atoms with van der Waals surface area (Å²) in [5, 5.41) is 0. The Morgan fingerprint density at radius 1 is 1.31 bits per heavy atom. The summed E-state index contributed by atoms with van der Waals surface area (Å²) in [6.45, 7) is 12.0. The molecule has 0 aromatic rings. The molecule has 16 heavy (non-hydrogen) atoms. The van der Waals surface area contributed by atoms with Crippen LogP contribution >= 0.6 is 0 Å². The molecule has 0 aliphatic heterocycles. The van der Waals surface area contributed by atoms with Crippen molar-refractivity contribution in [2.75, 3.05) is 0 Å². The Morgan fingerprint density at radius 2 is 2.00 bits per heavy atom. The van der Waals surface area contributed by atoms with Crippen LogP contribution in [0.15, 0.2) is 48.6 Å². The van der Waals surface area contributed by atoms with Crippen LogP contribution in [-0.2, 0) is 4.79 Å². The second-order valence-electron chi connectivity index (χ2n) is 4.68. The average Bonchev–Trinajstić information content (AvgIpc) is 2.22. The quantitative estimate of drug-likeness (QED) is 0.608. The van der Waals surface area contributed by atoms with Crippen LogP contribution in [0.3, 0.4) is 0 Å². The van der Waals surface area contributed by atoms with Crippen LogP contribution in [0.5, 0.6) is 0 Å². The second kappa shape index (κ2) is 5.64. The molecule has 0 aromatic heterocycles. The lowest BCUT2D eigenvalue weighted by molar-refractivity contribution is -0.116. The topological polar surface area (TPSA) is 17.1 Å². The summed E-state index contributed by atoms with van der Waals surface area (Å²) in [6, 6.07) is 0. The number of Topliss-reactive ketones (excluding diaryl/α,β-unsaturated/α-hetero) is 1. The lowest BCUT2D eigenvalue weighted by Crippen LogP contribution is -2.13. The molecule has 0 spiro atoms. The van der Waals surface area contributed by atoms with Crippen molar-refractivity contribution in [2.45, 2.75) is 26.7 Å². The van der Waals surface area contributed by atoms with Crippen molar-refractivity contribution in [1.82, 2.24) is 0 Å². The van der Waals surface area contributed by atoms with Gasteiger partial charge in [-0.2, -0.15) is 0 Å². The molecule has 1 unspecified atom stereocenters. The van der Waals surface area contributed by atoms with Gasteiger partial charge in [-0.1, -0.05) is 56.9 Å². The minimum Gasteiger partial charge on any atom is -0.294 e. The van der Waals surface area contributed by atoms with E-state index in [1.165, 1.54) is 0 Å². The SMILES string of the molecule is C=C1/C=C/C(C(C)C)CC(=O)C(=C)/C=C\C1. The molecule has 1 nitrogen and oxygen atoms in total. The van der Waals surface area contributed by atoms with Gasteiger partial charge in [0.2, 0.25) is 0 Å². The molecule has 1 aliphatic rings. The number of hydrogen-bond acceptors (Lipinski definition) is 1. The number of carbonyl (C=O) groups excluding carboxylic acids is 1. The zero-order valence-corrected chi connectivity index (χ0v) is 10.2. The first-order valence-corrected chi connectivity index (χ1v) is 5.75. The maximum absolute atomic E-state index is 11.8. The van der Waals surface area contributed by atoms with E-state index < -0.39 is 0 Å². The molecule has 0 aromatic carbocycles. The molecule has 0 radical (unpaired) electrons. The van der Waals surface area contributed by atoms with E-state index in [9.17, 15) is 4.79 Å². The lowest BCUT2D eigenvalue weighted by atomic mass is 9.87. The third-order valence-corrected chi connectivity index (χ3v) is 2.91. The normalized spacial score (nSPS) is 26.9. The second-order valence-corrected chi connectivity index (χ2v) is 4.68. The minimum absolute atomic E-state index is 0.145. The highest BCUT2D eigenvalue weighted by Gasteiger charge is 2.16. The molecule has 0 heterocycles. The van der Waals surface area contributed by atoms with E-state index in [4.69, 9.17) is 0 Å². The minimum atomic E-state index is 0.145. The Labute approximate surface area is 98.2 Å². The summed E-state index contributed by atoms with van der Waals surface area (Å²) in [5.41, 5.74) is 1.68. The van der Waals surface area contributed by atoms with Crippen LogP contribution in [-0.4, -0.2) is 5.78 Å². The summed E-state index contributed by atoms with van der Waals surface area (Å²) in [7, 11) is 0. The van der Waals surface area contributed by atoms with Crippen molar-refractivity contribution in [1.29, 1.82) is 0 Å². The number of carbonyl (C=O) groups is 1. The van der Waals surface area contributed by atoms with Crippen LogP contribution in [0.25, 0.3) is 0 Å². The predicted molar refractivity (Wildman–Crippen MR) is 69.1 cm³/mol. The molecule has 0 N–H and O–H groups in total. The highest BCUT2D eigenvalue weighted by atomic mass is 16.1. The van der Waals surface area contributed by atoms with Gasteiger partial charge in [-0.05, 0) is 18.3 Å². The van der Waals surface area contributed by atoms with Gasteiger partial charge in [-0.3, -0.25) is 4.79 Å². The predicted octanol–water partition coefficient (Wildman–Crippen LogP) is 3.85. The first-order valence-electron chi connectivity index (χ1n) is 5.75. The van der Waals surface area contributed by atoms with Gasteiger partial charge in [0, 0.05) is 12.0 Å². The maximum Gasteiger partial charge on any atom is 0.162 e. The summed E-state index contributed by atoms with van der Waals surface area (Å²) in [6.07, 6.45) is 9.23. The van der Waals surface area contributed by atoms with Crippen molar-refractivity contribution in [3.8, 4) is 0 Å². The Balaban J connectivity index is 2.90. The molecule has 1 aliphatic carbocycles. The zero-order valence-electron chi connectivity index (χ0n) is 10.2. The highest BCUT2D eigenvalue weighted by molar-refractivity contribution is 5.97. The van der Waals surface area contributed by atoms with Crippen molar-refractivity contribution in [3.05, 3.63) is 48.6 Å². The fraction of sp³-hybridized carbons (Fsp3) is 0.400. The number of ketones is 1. The van der Waals surface area contributed by atoms with E-state index in [1.807, 2.05) is 18.2 Å². The zero-order chi connectivity index (χ0) is 12.1. The molecule has 0 amide bonds. The van der Waals surface area contributed by atoms with E-state index in [0.29, 0.717) is 17.9 Å². The molecule has 0 fully saturated rings. The number of allylic oxidation sites excluding steroid dienone is 6. The summed E-state index contributed by atoms with van der Waals surface area (Å²) < 4.78 is 0. The van der Waals surface area contributed by atoms with Crippen LogP contribution < -0.4 is 0 Å². The third-order valence-electron chi connectivity index (χ3n) is 2.91. The van der Waals surface area contributed by atoms with Crippen LogP contribution in [0.4, 0.5) is 0 Å². The van der Waals surface area contributed by atoms with E-state index >= 15 is 0 Å². The highest BCUT2D eigenvalue weighted by Crippen LogP contribution is 2.21. The van der Waals surface area contributed by atoms with E-state index in [2.05, 4.69) is 33.1 Å². The van der Waals surface area contributed by atoms with Crippen LogP contribution in [0.2, 0.25) is 0 Å². The molecule has 0 saturated heterocycles. The fourth-order valence-electron chi connectivity index (χ4n) is 1.64. The smallest absolute Gasteiger partial charge is 0.162 e. The van der Waals surface area contributed by atoms with Crippen LogP contribution in [0, 0.1) is 11.8 Å². The Hall–Kier alpha value is -1.37. The summed E-state index contributed by atoms with van der Waals surface area (Å²) in [4.78, 5) is 11.8. The van der Waals surface area contributed by atoms with Gasteiger partial charge in [-0.15, -0.1) is 0 Å². The summed E-state index contributed by atoms with van der Waals surface area (Å²) in [5.74, 6) is 0.892. The van der Waals surface area contributed by atoms with Gasteiger partial charge in [0.25, 0.3) is 0 Å². The van der Waals surface area contributed by atoms with E-state index in [0.717, 1.165) is 12.0 Å². The van der Waals surface area contributed by atoms with Crippen molar-refractivity contribution >= 4 is 5.78 Å². The van der Waals surface area contributed by atoms with Gasteiger partial charge >= 0.3 is 0 Å². The molecule has 86 valence electrons. The molecular weight excluding hydrogens is 196 g/mol.